The van der Waals surface area contributed by atoms with Gasteiger partial charge < -0.3 is 45.7 Å². The van der Waals surface area contributed by atoms with Gasteiger partial charge in [-0.25, -0.2) is 4.79 Å². The summed E-state index contributed by atoms with van der Waals surface area (Å²) in [4.78, 5) is 27.5. The number of nitrogens with one attached hydrogen (secondary N) is 2. The molecule has 7 saturated carbocycles. The molecule has 7 N–H and O–H groups in total. The number of aliphatic hydroxyl groups is 5. The van der Waals surface area contributed by atoms with Gasteiger partial charge in [0.05, 0.1) is 29.3 Å². The SMILES string of the molecule is CNCCNCC1=CC2CC3(O)C4(O)CC5CC(C(C)C6CCCC6)CCC6C(O)CCC(C=O)(C4CCC3(C3CCCCC3)C2(CO)C2=CC(=O)OC12)C56O. The zero-order chi connectivity index (χ0) is 39.3. The van der Waals surface area contributed by atoms with E-state index in [1.807, 2.05) is 7.05 Å². The molecule has 312 valence electrons. The molecule has 0 spiro atoms. The predicted octanol–water partition coefficient (Wildman–Crippen LogP) is 4.36. The summed E-state index contributed by atoms with van der Waals surface area (Å²) in [5.41, 5.74) is -6.72. The van der Waals surface area contributed by atoms with E-state index in [1.165, 1.54) is 25.7 Å². The summed E-state index contributed by atoms with van der Waals surface area (Å²) in [7, 11) is 1.91. The Bertz CT molecular complexity index is 1610. The van der Waals surface area contributed by atoms with Crippen LogP contribution in [0.2, 0.25) is 0 Å². The molecule has 10 heteroatoms. The van der Waals surface area contributed by atoms with Crippen molar-refractivity contribution in [3.8, 4) is 0 Å². The first-order chi connectivity index (χ1) is 26.9. The molecular formula is C46H70N2O8. The molecule has 9 rings (SSSR count). The van der Waals surface area contributed by atoms with Crippen LogP contribution in [0, 0.1) is 63.6 Å². The van der Waals surface area contributed by atoms with Gasteiger partial charge in [0.15, 0.2) is 0 Å². The minimum atomic E-state index is -1.75. The molecule has 8 aliphatic carbocycles. The fourth-order valence-corrected chi connectivity index (χ4v) is 17.0. The van der Waals surface area contributed by atoms with Gasteiger partial charge in [-0.05, 0) is 124 Å². The minimum Gasteiger partial charge on any atom is -0.450 e. The standard InChI is InChI=1S/C46H70N2O8/c1-28(29-8-6-7-9-29)30-12-13-35-37(51)14-16-41(26-49)38-15-17-43(32-10-4-3-5-11-32)42(27-50)33(24-45(43,54)44(38,53)23-34(20-30)46(35,41)55)21-31(25-48-19-18-47-2)40-36(42)22-39(52)56-40/h21-22,26,28-30,32-35,37-38,40,47-48,50-51,53-55H,3-20,23-25,27H2,1-2H3. The molecule has 1 heterocycles. The second-order valence-corrected chi connectivity index (χ2v) is 20.6. The van der Waals surface area contributed by atoms with Crippen molar-refractivity contribution in [2.75, 3.05) is 33.3 Å². The zero-order valence-electron chi connectivity index (χ0n) is 34.0. The maximum atomic E-state index is 14.4. The van der Waals surface area contributed by atoms with E-state index in [4.69, 9.17) is 4.74 Å². The van der Waals surface area contributed by atoms with E-state index in [-0.39, 0.29) is 43.6 Å². The largest absolute Gasteiger partial charge is 0.450 e. The molecule has 0 saturated heterocycles. The van der Waals surface area contributed by atoms with Gasteiger partial charge >= 0.3 is 5.97 Å². The highest BCUT2D eigenvalue weighted by molar-refractivity contribution is 5.87. The Morgan fingerprint density at radius 3 is 2.38 bits per heavy atom. The number of esters is 1. The van der Waals surface area contributed by atoms with Gasteiger partial charge in [0.2, 0.25) is 0 Å². The number of carbonyl (C=O) groups is 2. The highest BCUT2D eigenvalue weighted by atomic mass is 16.5. The van der Waals surface area contributed by atoms with Crippen LogP contribution in [-0.4, -0.2) is 100 Å². The van der Waals surface area contributed by atoms with E-state index in [9.17, 15) is 35.1 Å². The topological polar surface area (TPSA) is 169 Å². The molecule has 1 aliphatic heterocycles. The summed E-state index contributed by atoms with van der Waals surface area (Å²) >= 11 is 0. The Hall–Kier alpha value is -1.66. The molecule has 0 aromatic rings. The molecule has 0 aromatic heterocycles. The first-order valence-corrected chi connectivity index (χ1v) is 22.8. The van der Waals surface area contributed by atoms with Crippen LogP contribution in [0.4, 0.5) is 0 Å². The van der Waals surface area contributed by atoms with E-state index < -0.39 is 69.0 Å². The fraction of sp³-hybridized carbons (Fsp3) is 0.870. The van der Waals surface area contributed by atoms with Gasteiger partial charge in [-0.1, -0.05) is 57.9 Å². The third-order valence-electron chi connectivity index (χ3n) is 19.3. The number of aldehydes is 1. The van der Waals surface area contributed by atoms with Crippen molar-refractivity contribution in [3.05, 3.63) is 23.3 Å². The number of likely N-dealkylation sites (N-methyl/N-ethyl adjacent to an activating group) is 1. The molecule has 14 unspecified atom stereocenters. The highest BCUT2D eigenvalue weighted by Gasteiger charge is 2.86. The summed E-state index contributed by atoms with van der Waals surface area (Å²) in [5.74, 6) is -1.20. The Morgan fingerprint density at radius 1 is 0.911 bits per heavy atom. The van der Waals surface area contributed by atoms with Gasteiger partial charge in [-0.15, -0.1) is 0 Å². The third-order valence-corrected chi connectivity index (χ3v) is 19.3. The lowest BCUT2D eigenvalue weighted by atomic mass is 9.33. The number of hydrogen-bond acceptors (Lipinski definition) is 10. The van der Waals surface area contributed by atoms with Crippen molar-refractivity contribution < 1.29 is 39.9 Å². The number of allylic oxidation sites excluding steroid dienone is 1. The fourth-order valence-electron chi connectivity index (χ4n) is 17.0. The van der Waals surface area contributed by atoms with E-state index in [0.29, 0.717) is 50.5 Å². The summed E-state index contributed by atoms with van der Waals surface area (Å²) < 4.78 is 6.10. The number of ether oxygens (including phenoxy) is 1. The maximum absolute atomic E-state index is 14.4. The molecule has 0 radical (unpaired) electrons. The summed E-state index contributed by atoms with van der Waals surface area (Å²) in [5, 5.41) is 72.5. The summed E-state index contributed by atoms with van der Waals surface area (Å²) in [6.07, 6.45) is 17.1. The predicted molar refractivity (Wildman–Crippen MR) is 211 cm³/mol. The minimum absolute atomic E-state index is 0.0254. The number of fused-ring (bicyclic) bond motifs is 8. The monoisotopic (exact) mass is 779 g/mol. The average molecular weight is 779 g/mol. The third kappa shape index (κ3) is 4.99. The van der Waals surface area contributed by atoms with Gasteiger partial charge in [0, 0.05) is 48.4 Å². The summed E-state index contributed by atoms with van der Waals surface area (Å²) in [6, 6.07) is 0. The summed E-state index contributed by atoms with van der Waals surface area (Å²) in [6.45, 7) is 4.06. The maximum Gasteiger partial charge on any atom is 0.331 e. The van der Waals surface area contributed by atoms with Gasteiger partial charge in [0.1, 0.15) is 18.0 Å². The number of aliphatic hydroxyl groups excluding tert-OH is 2. The first kappa shape index (κ1) is 39.8. The van der Waals surface area contributed by atoms with Crippen LogP contribution in [0.1, 0.15) is 122 Å². The van der Waals surface area contributed by atoms with Crippen molar-refractivity contribution in [3.63, 3.8) is 0 Å². The molecule has 10 nitrogen and oxygen atoms in total. The molecule has 14 atom stereocenters. The quantitative estimate of drug-likeness (QED) is 0.0733. The normalized spacial score (nSPS) is 49.3. The lowest BCUT2D eigenvalue weighted by Crippen LogP contribution is -2.82. The van der Waals surface area contributed by atoms with E-state index in [1.54, 1.807) is 6.08 Å². The van der Waals surface area contributed by atoms with Gasteiger partial charge in [-0.3, -0.25) is 0 Å². The van der Waals surface area contributed by atoms with Crippen LogP contribution in [0.15, 0.2) is 23.3 Å². The number of hydrogen-bond donors (Lipinski definition) is 7. The Morgan fingerprint density at radius 2 is 1.66 bits per heavy atom. The molecule has 56 heavy (non-hydrogen) atoms. The van der Waals surface area contributed by atoms with Crippen LogP contribution in [-0.2, 0) is 14.3 Å². The molecule has 0 bridgehead atoms. The molecular weight excluding hydrogens is 709 g/mol. The first-order valence-electron chi connectivity index (χ1n) is 22.8. The highest BCUT2D eigenvalue weighted by Crippen LogP contribution is 2.81. The number of carbonyl (C=O) groups excluding carboxylic acids is 2. The van der Waals surface area contributed by atoms with Crippen molar-refractivity contribution in [1.29, 1.82) is 0 Å². The van der Waals surface area contributed by atoms with Crippen LogP contribution < -0.4 is 10.6 Å². The smallest absolute Gasteiger partial charge is 0.331 e. The van der Waals surface area contributed by atoms with Crippen molar-refractivity contribution in [2.45, 2.75) is 152 Å². The van der Waals surface area contributed by atoms with Crippen LogP contribution in [0.25, 0.3) is 0 Å². The zero-order valence-corrected chi connectivity index (χ0v) is 34.0. The molecule has 0 amide bonds. The van der Waals surface area contributed by atoms with Crippen LogP contribution >= 0.6 is 0 Å². The lowest BCUT2D eigenvalue weighted by molar-refractivity contribution is -0.355. The van der Waals surface area contributed by atoms with E-state index in [0.717, 1.165) is 69.0 Å². The molecule has 9 aliphatic rings. The molecule has 7 fully saturated rings. The van der Waals surface area contributed by atoms with Gasteiger partial charge in [0.25, 0.3) is 0 Å². The van der Waals surface area contributed by atoms with E-state index in [2.05, 4.69) is 23.6 Å². The Kier molecular flexibility index (Phi) is 10.1. The lowest BCUT2D eigenvalue weighted by Gasteiger charge is -2.73. The van der Waals surface area contributed by atoms with Crippen molar-refractivity contribution >= 4 is 12.3 Å². The number of rotatable bonds is 10. The van der Waals surface area contributed by atoms with Crippen LogP contribution in [0.5, 0.6) is 0 Å². The molecule has 0 aromatic carbocycles. The Balaban J connectivity index is 1.21. The average Bonchev–Trinajstić information content (AvgIpc) is 3.90. The van der Waals surface area contributed by atoms with Gasteiger partial charge in [-0.2, -0.15) is 0 Å². The second kappa shape index (κ2) is 14.2. The second-order valence-electron chi connectivity index (χ2n) is 20.6. The van der Waals surface area contributed by atoms with E-state index >= 15 is 0 Å². The Labute approximate surface area is 333 Å². The van der Waals surface area contributed by atoms with Crippen molar-refractivity contribution in [2.24, 2.45) is 63.6 Å². The van der Waals surface area contributed by atoms with Crippen molar-refractivity contribution in [1.82, 2.24) is 10.6 Å². The van der Waals surface area contributed by atoms with Crippen LogP contribution in [0.3, 0.4) is 0 Å².